The molecule has 1 aromatic carbocycles. The molecular weight excluding hydrogens is 302 g/mol. The summed E-state index contributed by atoms with van der Waals surface area (Å²) in [4.78, 5) is 15.0. The summed E-state index contributed by atoms with van der Waals surface area (Å²) in [6.07, 6.45) is 2.33. The van der Waals surface area contributed by atoms with Crippen LogP contribution in [0, 0.1) is 5.92 Å². The Morgan fingerprint density at radius 1 is 1.29 bits per heavy atom. The van der Waals surface area contributed by atoms with Gasteiger partial charge in [0, 0.05) is 29.9 Å². The van der Waals surface area contributed by atoms with Gasteiger partial charge in [-0.25, -0.2) is 0 Å². The zero-order valence-electron chi connectivity index (χ0n) is 13.9. The lowest BCUT2D eigenvalue weighted by Crippen LogP contribution is -2.60. The molecule has 4 heterocycles. The maximum absolute atomic E-state index is 12.5. The summed E-state index contributed by atoms with van der Waals surface area (Å²) < 4.78 is 5.75. The predicted octanol–water partition coefficient (Wildman–Crippen LogP) is 2.74. The highest BCUT2D eigenvalue weighted by Gasteiger charge is 2.39. The SMILES string of the molecule is CC1CC2CCN1C[C@@H]2NC(=O)c1ccc(-c2ccccc2N)o1. The molecule has 1 amide bonds. The van der Waals surface area contributed by atoms with Gasteiger partial charge in [-0.15, -0.1) is 0 Å². The summed E-state index contributed by atoms with van der Waals surface area (Å²) in [7, 11) is 0. The number of benzene rings is 1. The van der Waals surface area contributed by atoms with Gasteiger partial charge in [0.2, 0.25) is 0 Å². The number of amides is 1. The van der Waals surface area contributed by atoms with Crippen molar-refractivity contribution in [3.63, 3.8) is 0 Å². The van der Waals surface area contributed by atoms with E-state index in [1.807, 2.05) is 24.3 Å². The normalized spacial score (nSPS) is 28.7. The molecule has 3 unspecified atom stereocenters. The Hall–Kier alpha value is -2.27. The molecule has 2 aromatic rings. The zero-order valence-corrected chi connectivity index (χ0v) is 13.9. The molecule has 5 heteroatoms. The van der Waals surface area contributed by atoms with E-state index in [1.54, 1.807) is 12.1 Å². The second-order valence-corrected chi connectivity index (χ2v) is 6.96. The van der Waals surface area contributed by atoms with Gasteiger partial charge in [-0.2, -0.15) is 0 Å². The minimum Gasteiger partial charge on any atom is -0.451 e. The lowest BCUT2D eigenvalue weighted by atomic mass is 9.80. The van der Waals surface area contributed by atoms with Crippen LogP contribution in [0.1, 0.15) is 30.3 Å². The Bertz CT molecular complexity index is 755. The molecule has 2 bridgehead atoms. The van der Waals surface area contributed by atoms with E-state index in [4.69, 9.17) is 10.2 Å². The number of hydrogen-bond donors (Lipinski definition) is 2. The van der Waals surface area contributed by atoms with E-state index in [0.29, 0.717) is 29.2 Å². The third kappa shape index (κ3) is 2.69. The predicted molar refractivity (Wildman–Crippen MR) is 93.6 cm³/mol. The standard InChI is InChI=1S/C19H23N3O2/c1-12-10-13-8-9-22(12)11-16(13)21-19(23)18-7-6-17(24-18)14-4-2-3-5-15(14)20/h2-7,12-13,16H,8-11,20H2,1H3,(H,21,23)/t12?,13?,16-/m0/s1. The first-order valence-corrected chi connectivity index (χ1v) is 8.61. The van der Waals surface area contributed by atoms with Gasteiger partial charge in [-0.1, -0.05) is 12.1 Å². The summed E-state index contributed by atoms with van der Waals surface area (Å²) in [5.74, 6) is 1.41. The van der Waals surface area contributed by atoms with Crippen molar-refractivity contribution >= 4 is 11.6 Å². The van der Waals surface area contributed by atoms with Crippen molar-refractivity contribution in [3.8, 4) is 11.3 Å². The Kier molecular flexibility index (Phi) is 3.81. The largest absolute Gasteiger partial charge is 0.451 e. The van der Waals surface area contributed by atoms with E-state index < -0.39 is 0 Å². The third-order valence-corrected chi connectivity index (χ3v) is 5.43. The summed E-state index contributed by atoms with van der Waals surface area (Å²) in [5.41, 5.74) is 7.43. The number of nitrogens with zero attached hydrogens (tertiary/aromatic N) is 1. The van der Waals surface area contributed by atoms with Gasteiger partial charge in [0.25, 0.3) is 5.91 Å². The summed E-state index contributed by atoms with van der Waals surface area (Å²) in [6, 6.07) is 11.9. The maximum Gasteiger partial charge on any atom is 0.287 e. The number of anilines is 1. The molecule has 0 spiro atoms. The average Bonchev–Trinajstić information content (AvgIpc) is 3.06. The van der Waals surface area contributed by atoms with Crippen molar-refractivity contribution < 1.29 is 9.21 Å². The molecule has 0 saturated carbocycles. The van der Waals surface area contributed by atoms with Crippen LogP contribution < -0.4 is 11.1 Å². The summed E-state index contributed by atoms with van der Waals surface area (Å²) >= 11 is 0. The molecule has 5 rings (SSSR count). The summed E-state index contributed by atoms with van der Waals surface area (Å²) in [6.45, 7) is 4.36. The van der Waals surface area contributed by atoms with Crippen molar-refractivity contribution in [3.05, 3.63) is 42.2 Å². The minimum absolute atomic E-state index is 0.137. The molecule has 126 valence electrons. The molecular formula is C19H23N3O2. The summed E-state index contributed by atoms with van der Waals surface area (Å²) in [5, 5.41) is 3.16. The van der Waals surface area contributed by atoms with Crippen LogP contribution in [0.5, 0.6) is 0 Å². The molecule has 0 radical (unpaired) electrons. The molecule has 3 saturated heterocycles. The second kappa shape index (κ2) is 5.98. The lowest BCUT2D eigenvalue weighted by molar-refractivity contribution is 0.0269. The van der Waals surface area contributed by atoms with Gasteiger partial charge >= 0.3 is 0 Å². The third-order valence-electron chi connectivity index (χ3n) is 5.43. The van der Waals surface area contributed by atoms with E-state index in [9.17, 15) is 4.79 Å². The molecule has 5 nitrogen and oxygen atoms in total. The number of para-hydroxylation sites is 1. The maximum atomic E-state index is 12.5. The Balaban J connectivity index is 1.47. The van der Waals surface area contributed by atoms with Crippen molar-refractivity contribution in [2.75, 3.05) is 18.8 Å². The average molecular weight is 325 g/mol. The topological polar surface area (TPSA) is 71.5 Å². The van der Waals surface area contributed by atoms with E-state index in [1.165, 1.54) is 6.42 Å². The number of nitrogens with one attached hydrogen (secondary N) is 1. The van der Waals surface area contributed by atoms with Crippen LogP contribution in [0.25, 0.3) is 11.3 Å². The van der Waals surface area contributed by atoms with Crippen molar-refractivity contribution in [1.29, 1.82) is 0 Å². The highest BCUT2D eigenvalue weighted by molar-refractivity contribution is 5.92. The van der Waals surface area contributed by atoms with Gasteiger partial charge in [-0.05, 0) is 56.5 Å². The molecule has 3 N–H and O–H groups in total. The van der Waals surface area contributed by atoms with E-state index in [2.05, 4.69) is 17.1 Å². The van der Waals surface area contributed by atoms with E-state index >= 15 is 0 Å². The highest BCUT2D eigenvalue weighted by Crippen LogP contribution is 2.32. The van der Waals surface area contributed by atoms with Gasteiger partial charge in [0.1, 0.15) is 5.76 Å². The zero-order chi connectivity index (χ0) is 16.7. The number of rotatable bonds is 3. The number of nitrogens with two attached hydrogens (primary N) is 1. The van der Waals surface area contributed by atoms with Crippen LogP contribution in [0.2, 0.25) is 0 Å². The molecule has 0 aliphatic carbocycles. The first kappa shape index (κ1) is 15.3. The monoisotopic (exact) mass is 325 g/mol. The fourth-order valence-electron chi connectivity index (χ4n) is 4.02. The van der Waals surface area contributed by atoms with Crippen LogP contribution in [0.4, 0.5) is 5.69 Å². The van der Waals surface area contributed by atoms with Crippen molar-refractivity contribution in [1.82, 2.24) is 10.2 Å². The molecule has 3 aliphatic rings. The molecule has 24 heavy (non-hydrogen) atoms. The Morgan fingerprint density at radius 3 is 2.83 bits per heavy atom. The molecule has 4 atom stereocenters. The van der Waals surface area contributed by atoms with Crippen LogP contribution in [-0.2, 0) is 0 Å². The lowest BCUT2D eigenvalue weighted by Gasteiger charge is -2.48. The van der Waals surface area contributed by atoms with Gasteiger partial charge in [0.15, 0.2) is 5.76 Å². The fraction of sp³-hybridized carbons (Fsp3) is 0.421. The van der Waals surface area contributed by atoms with Gasteiger partial charge in [0.05, 0.1) is 0 Å². The number of piperidine rings is 3. The second-order valence-electron chi connectivity index (χ2n) is 6.96. The minimum atomic E-state index is -0.137. The van der Waals surface area contributed by atoms with Crippen LogP contribution in [-0.4, -0.2) is 36.0 Å². The Labute approximate surface area is 141 Å². The number of hydrogen-bond acceptors (Lipinski definition) is 4. The van der Waals surface area contributed by atoms with Crippen molar-refractivity contribution in [2.24, 2.45) is 5.92 Å². The Morgan fingerprint density at radius 2 is 2.12 bits per heavy atom. The fourth-order valence-corrected chi connectivity index (χ4v) is 4.02. The number of furan rings is 1. The van der Waals surface area contributed by atoms with Crippen LogP contribution in [0.15, 0.2) is 40.8 Å². The van der Waals surface area contributed by atoms with Crippen LogP contribution in [0.3, 0.4) is 0 Å². The molecule has 3 fully saturated rings. The number of nitrogen functional groups attached to an aromatic ring is 1. The first-order chi connectivity index (χ1) is 11.6. The van der Waals surface area contributed by atoms with Gasteiger partial charge < -0.3 is 15.5 Å². The molecule has 3 aliphatic heterocycles. The van der Waals surface area contributed by atoms with Crippen LogP contribution >= 0.6 is 0 Å². The van der Waals surface area contributed by atoms with E-state index in [-0.39, 0.29) is 11.9 Å². The van der Waals surface area contributed by atoms with E-state index in [0.717, 1.165) is 25.1 Å². The smallest absolute Gasteiger partial charge is 0.287 e. The first-order valence-electron chi connectivity index (χ1n) is 8.61. The number of carbonyl (C=O) groups excluding carboxylic acids is 1. The number of carbonyl (C=O) groups is 1. The van der Waals surface area contributed by atoms with Gasteiger partial charge in [-0.3, -0.25) is 9.69 Å². The highest BCUT2D eigenvalue weighted by atomic mass is 16.3. The van der Waals surface area contributed by atoms with Crippen molar-refractivity contribution in [2.45, 2.75) is 31.8 Å². The quantitative estimate of drug-likeness (QED) is 0.851. The number of fused-ring (bicyclic) bond motifs is 3. The molecule has 1 aromatic heterocycles.